The van der Waals surface area contributed by atoms with Crippen LogP contribution in [-0.4, -0.2) is 15.3 Å². The fourth-order valence-corrected chi connectivity index (χ4v) is 2.94. The van der Waals surface area contributed by atoms with Crippen molar-refractivity contribution in [1.29, 1.82) is 0 Å². The van der Waals surface area contributed by atoms with Gasteiger partial charge in [0, 0.05) is 29.8 Å². The van der Waals surface area contributed by atoms with E-state index in [0.29, 0.717) is 12.2 Å². The van der Waals surface area contributed by atoms with Crippen LogP contribution in [0, 0.1) is 6.92 Å². The number of hydrogen-bond donors (Lipinski definition) is 0. The van der Waals surface area contributed by atoms with E-state index in [2.05, 4.69) is 21.1 Å². The first-order valence-corrected chi connectivity index (χ1v) is 6.73. The molecular weight excluding hydrogens is 232 g/mol. The molecule has 0 spiro atoms. The lowest BCUT2D eigenvalue weighted by Crippen LogP contribution is -2.07. The number of aryl methyl sites for hydroxylation is 2. The number of aromatic nitrogens is 2. The Bertz CT molecular complexity index is 568. The molecule has 3 rings (SSSR count). The fourth-order valence-electron chi connectivity index (χ4n) is 2.34. The van der Waals surface area contributed by atoms with Crippen LogP contribution in [0.15, 0.2) is 17.8 Å². The molecule has 1 aliphatic carbocycles. The number of nitrogens with zero attached hydrogens (tertiary/aromatic N) is 2. The van der Waals surface area contributed by atoms with Crippen LogP contribution < -0.4 is 0 Å². The van der Waals surface area contributed by atoms with Gasteiger partial charge in [0.05, 0.1) is 17.2 Å². The Morgan fingerprint density at radius 3 is 3.00 bits per heavy atom. The first-order chi connectivity index (χ1) is 8.22. The summed E-state index contributed by atoms with van der Waals surface area (Å²) in [6.45, 7) is 2.78. The molecule has 0 saturated heterocycles. The molecular formula is C13H14N2OS. The third-order valence-electron chi connectivity index (χ3n) is 3.12. The molecule has 2 aromatic heterocycles. The molecule has 0 aliphatic heterocycles. The molecule has 0 saturated carbocycles. The van der Waals surface area contributed by atoms with Crippen LogP contribution in [0.3, 0.4) is 0 Å². The zero-order valence-corrected chi connectivity index (χ0v) is 10.6. The summed E-state index contributed by atoms with van der Waals surface area (Å²) in [7, 11) is 0. The van der Waals surface area contributed by atoms with Crippen LogP contribution in [0.2, 0.25) is 0 Å². The summed E-state index contributed by atoms with van der Waals surface area (Å²) in [4.78, 5) is 16.2. The van der Waals surface area contributed by atoms with E-state index >= 15 is 0 Å². The fraction of sp³-hybridized carbons (Fsp3) is 0.385. The first kappa shape index (κ1) is 10.7. The zero-order valence-electron chi connectivity index (χ0n) is 9.77. The number of rotatable bonds is 2. The quantitative estimate of drug-likeness (QED) is 0.816. The minimum Gasteiger partial charge on any atom is -0.347 e. The molecule has 17 heavy (non-hydrogen) atoms. The van der Waals surface area contributed by atoms with Gasteiger partial charge in [-0.1, -0.05) is 0 Å². The molecule has 0 amide bonds. The molecule has 0 aromatic carbocycles. The molecule has 1 aliphatic rings. The second-order valence-electron chi connectivity index (χ2n) is 4.50. The molecule has 0 N–H and O–H groups in total. The second-order valence-corrected chi connectivity index (χ2v) is 5.57. The van der Waals surface area contributed by atoms with E-state index in [-0.39, 0.29) is 0 Å². The Hall–Kier alpha value is -1.42. The van der Waals surface area contributed by atoms with E-state index < -0.39 is 0 Å². The van der Waals surface area contributed by atoms with Crippen molar-refractivity contribution in [2.24, 2.45) is 0 Å². The molecule has 2 aromatic rings. The number of thiazole rings is 1. The van der Waals surface area contributed by atoms with Crippen molar-refractivity contribution in [3.05, 3.63) is 39.6 Å². The highest BCUT2D eigenvalue weighted by molar-refractivity contribution is 7.09. The van der Waals surface area contributed by atoms with Gasteiger partial charge in [0.25, 0.3) is 0 Å². The van der Waals surface area contributed by atoms with Gasteiger partial charge >= 0.3 is 0 Å². The molecule has 0 bridgehead atoms. The maximum atomic E-state index is 11.7. The number of Topliss-reactive ketones (excluding diaryl/α,β-unsaturated/α-hetero) is 1. The highest BCUT2D eigenvalue weighted by atomic mass is 32.1. The van der Waals surface area contributed by atoms with Crippen LogP contribution in [-0.2, 0) is 13.0 Å². The van der Waals surface area contributed by atoms with Gasteiger partial charge in [-0.15, -0.1) is 11.3 Å². The van der Waals surface area contributed by atoms with Gasteiger partial charge in [-0.05, 0) is 25.3 Å². The molecule has 3 nitrogen and oxygen atoms in total. The van der Waals surface area contributed by atoms with Crippen molar-refractivity contribution in [2.45, 2.75) is 32.7 Å². The number of hydrogen-bond acceptors (Lipinski definition) is 3. The second kappa shape index (κ2) is 4.11. The van der Waals surface area contributed by atoms with Gasteiger partial charge in [0.15, 0.2) is 5.78 Å². The van der Waals surface area contributed by atoms with E-state index in [1.807, 2.05) is 13.1 Å². The van der Waals surface area contributed by atoms with Gasteiger partial charge in [0.2, 0.25) is 0 Å². The minimum absolute atomic E-state index is 0.291. The van der Waals surface area contributed by atoms with Crippen molar-refractivity contribution in [3.8, 4) is 0 Å². The number of carbonyl (C=O) groups is 1. The van der Waals surface area contributed by atoms with Crippen molar-refractivity contribution in [3.63, 3.8) is 0 Å². The van der Waals surface area contributed by atoms with Gasteiger partial charge in [-0.2, -0.15) is 0 Å². The van der Waals surface area contributed by atoms with Crippen LogP contribution in [0.5, 0.6) is 0 Å². The molecule has 2 heterocycles. The number of carbonyl (C=O) groups excluding carboxylic acids is 1. The largest absolute Gasteiger partial charge is 0.347 e. The summed E-state index contributed by atoms with van der Waals surface area (Å²) < 4.78 is 2.09. The van der Waals surface area contributed by atoms with Crippen molar-refractivity contribution in [2.75, 3.05) is 0 Å². The van der Waals surface area contributed by atoms with Gasteiger partial charge in [-0.25, -0.2) is 4.98 Å². The van der Waals surface area contributed by atoms with E-state index in [1.54, 1.807) is 11.3 Å². The van der Waals surface area contributed by atoms with Crippen LogP contribution in [0.25, 0.3) is 0 Å². The van der Waals surface area contributed by atoms with E-state index in [9.17, 15) is 4.79 Å². The van der Waals surface area contributed by atoms with E-state index in [0.717, 1.165) is 35.7 Å². The molecule has 88 valence electrons. The summed E-state index contributed by atoms with van der Waals surface area (Å²) >= 11 is 1.67. The monoisotopic (exact) mass is 246 g/mol. The summed E-state index contributed by atoms with van der Waals surface area (Å²) in [6.07, 6.45) is 6.80. The number of fused-ring (bicyclic) bond motifs is 1. The maximum absolute atomic E-state index is 11.7. The molecule has 0 fully saturated rings. The summed E-state index contributed by atoms with van der Waals surface area (Å²) in [5.74, 6) is 0.291. The Morgan fingerprint density at radius 1 is 1.41 bits per heavy atom. The van der Waals surface area contributed by atoms with Crippen LogP contribution in [0.1, 0.15) is 39.5 Å². The standard InChI is InChI=1S/C13H14N2OS/c1-9-14-11(8-17-9)6-15-5-10-3-2-4-13(16)12(10)7-15/h5,7-8H,2-4,6H2,1H3. The molecule has 4 heteroatoms. The SMILES string of the molecule is Cc1nc(Cn2cc3c(c2)C(=O)CCC3)cs1. The minimum atomic E-state index is 0.291. The average molecular weight is 246 g/mol. The van der Waals surface area contributed by atoms with Crippen molar-refractivity contribution in [1.82, 2.24) is 9.55 Å². The topological polar surface area (TPSA) is 34.9 Å². The highest BCUT2D eigenvalue weighted by Crippen LogP contribution is 2.22. The predicted molar refractivity (Wildman–Crippen MR) is 67.7 cm³/mol. The average Bonchev–Trinajstić information content (AvgIpc) is 2.86. The number of ketones is 1. The maximum Gasteiger partial charge on any atom is 0.164 e. The Kier molecular flexibility index (Phi) is 2.59. The lowest BCUT2D eigenvalue weighted by Gasteiger charge is -2.07. The summed E-state index contributed by atoms with van der Waals surface area (Å²) in [5.41, 5.74) is 3.20. The van der Waals surface area contributed by atoms with E-state index in [4.69, 9.17) is 0 Å². The Balaban J connectivity index is 1.87. The lowest BCUT2D eigenvalue weighted by atomic mass is 9.95. The van der Waals surface area contributed by atoms with E-state index in [1.165, 1.54) is 5.56 Å². The van der Waals surface area contributed by atoms with Crippen LogP contribution in [0.4, 0.5) is 0 Å². The summed E-state index contributed by atoms with van der Waals surface area (Å²) in [6, 6.07) is 0. The van der Waals surface area contributed by atoms with Crippen molar-refractivity contribution >= 4 is 17.1 Å². The Morgan fingerprint density at radius 2 is 2.29 bits per heavy atom. The van der Waals surface area contributed by atoms with Crippen molar-refractivity contribution < 1.29 is 4.79 Å². The normalized spacial score (nSPS) is 15.0. The molecule has 0 radical (unpaired) electrons. The predicted octanol–water partition coefficient (Wildman–Crippen LogP) is 2.82. The summed E-state index contributed by atoms with van der Waals surface area (Å²) in [5, 5.41) is 3.17. The first-order valence-electron chi connectivity index (χ1n) is 5.85. The molecule has 0 atom stereocenters. The zero-order chi connectivity index (χ0) is 11.8. The van der Waals surface area contributed by atoms with Gasteiger partial charge < -0.3 is 4.57 Å². The highest BCUT2D eigenvalue weighted by Gasteiger charge is 2.19. The Labute approximate surface area is 104 Å². The smallest absolute Gasteiger partial charge is 0.164 e. The third kappa shape index (κ3) is 2.05. The molecule has 0 unspecified atom stereocenters. The van der Waals surface area contributed by atoms with Gasteiger partial charge in [-0.3, -0.25) is 4.79 Å². The van der Waals surface area contributed by atoms with Crippen LogP contribution >= 0.6 is 11.3 Å². The van der Waals surface area contributed by atoms with Gasteiger partial charge in [0.1, 0.15) is 0 Å². The third-order valence-corrected chi connectivity index (χ3v) is 3.95. The lowest BCUT2D eigenvalue weighted by molar-refractivity contribution is 0.0973.